The molecule has 2 N–H and O–H groups in total. The first kappa shape index (κ1) is 24.1. The number of rotatable bonds is 8. The molecule has 180 valence electrons. The van der Waals surface area contributed by atoms with Gasteiger partial charge in [0.25, 0.3) is 5.91 Å². The second-order valence-corrected chi connectivity index (χ2v) is 8.58. The highest BCUT2D eigenvalue weighted by Gasteiger charge is 2.14. The van der Waals surface area contributed by atoms with Crippen LogP contribution in [0.2, 0.25) is 0 Å². The number of hydrogen-bond donors (Lipinski definition) is 2. The normalized spacial score (nSPS) is 11.1. The van der Waals surface area contributed by atoms with Crippen LogP contribution in [0.5, 0.6) is 0 Å². The van der Waals surface area contributed by atoms with E-state index in [1.54, 1.807) is 42.5 Å². The highest BCUT2D eigenvalue weighted by molar-refractivity contribution is 6.06. The van der Waals surface area contributed by atoms with Gasteiger partial charge >= 0.3 is 0 Å². The third-order valence-electron chi connectivity index (χ3n) is 6.10. The largest absolute Gasteiger partial charge is 0.353 e. The summed E-state index contributed by atoms with van der Waals surface area (Å²) in [6.45, 7) is 5.98. The standard InChI is InChI=1S/C28H29FN4O2/c1-4-22(5-2)31-27(34)16-19-6-11-23(12-7-19)32-28(35)20-8-15-25-26(17-20)33(18(3)30-25)24-13-9-21(29)10-14-24/h6-15,17,22H,4-5,16H2,1-3H3,(H,31,34)(H,32,35). The molecule has 0 fully saturated rings. The molecule has 0 unspecified atom stereocenters. The van der Waals surface area contributed by atoms with Crippen molar-refractivity contribution in [3.63, 3.8) is 0 Å². The van der Waals surface area contributed by atoms with Gasteiger partial charge in [-0.25, -0.2) is 9.37 Å². The fourth-order valence-electron chi connectivity index (χ4n) is 4.12. The van der Waals surface area contributed by atoms with Crippen LogP contribution in [-0.2, 0) is 11.2 Å². The molecule has 7 heteroatoms. The SMILES string of the molecule is CCC(CC)NC(=O)Cc1ccc(NC(=O)c2ccc3nc(C)n(-c4ccc(F)cc4)c3c2)cc1. The van der Waals surface area contributed by atoms with E-state index in [-0.39, 0.29) is 23.7 Å². The molecule has 1 aromatic heterocycles. The molecule has 0 spiro atoms. The maximum atomic E-state index is 13.4. The van der Waals surface area contributed by atoms with Gasteiger partial charge in [-0.3, -0.25) is 14.2 Å². The first-order chi connectivity index (χ1) is 16.9. The number of aryl methyl sites for hydroxylation is 1. The molecule has 0 aliphatic heterocycles. The van der Waals surface area contributed by atoms with E-state index >= 15 is 0 Å². The van der Waals surface area contributed by atoms with E-state index in [4.69, 9.17) is 0 Å². The average molecular weight is 473 g/mol. The number of carbonyl (C=O) groups is 2. The molecule has 0 bridgehead atoms. The van der Waals surface area contributed by atoms with Crippen molar-refractivity contribution in [2.45, 2.75) is 46.1 Å². The van der Waals surface area contributed by atoms with Crippen LogP contribution in [0.3, 0.4) is 0 Å². The number of nitrogens with one attached hydrogen (secondary N) is 2. The number of hydrogen-bond acceptors (Lipinski definition) is 3. The maximum absolute atomic E-state index is 13.4. The lowest BCUT2D eigenvalue weighted by Crippen LogP contribution is -2.34. The molecule has 1 heterocycles. The van der Waals surface area contributed by atoms with Crippen LogP contribution in [0.15, 0.2) is 66.7 Å². The molecule has 6 nitrogen and oxygen atoms in total. The van der Waals surface area contributed by atoms with Crippen LogP contribution in [0.4, 0.5) is 10.1 Å². The Labute approximate surface area is 204 Å². The Balaban J connectivity index is 1.48. The first-order valence-corrected chi connectivity index (χ1v) is 11.8. The minimum absolute atomic E-state index is 0.00292. The molecule has 3 aromatic carbocycles. The van der Waals surface area contributed by atoms with Crippen LogP contribution < -0.4 is 10.6 Å². The third-order valence-corrected chi connectivity index (χ3v) is 6.10. The molecule has 4 rings (SSSR count). The van der Waals surface area contributed by atoms with E-state index in [0.717, 1.165) is 41.0 Å². The molecule has 0 saturated carbocycles. The number of carbonyl (C=O) groups excluding carboxylic acids is 2. The van der Waals surface area contributed by atoms with E-state index in [1.165, 1.54) is 12.1 Å². The van der Waals surface area contributed by atoms with E-state index in [0.29, 0.717) is 17.7 Å². The molecule has 0 saturated heterocycles. The summed E-state index contributed by atoms with van der Waals surface area (Å²) >= 11 is 0. The molecule has 2 amide bonds. The van der Waals surface area contributed by atoms with Gasteiger partial charge in [-0.1, -0.05) is 26.0 Å². The van der Waals surface area contributed by atoms with Crippen molar-refractivity contribution in [3.8, 4) is 5.69 Å². The predicted molar refractivity (Wildman–Crippen MR) is 136 cm³/mol. The van der Waals surface area contributed by atoms with Gasteiger partial charge in [0.05, 0.1) is 17.5 Å². The van der Waals surface area contributed by atoms with Gasteiger partial charge in [0.2, 0.25) is 5.91 Å². The van der Waals surface area contributed by atoms with Crippen LogP contribution in [0, 0.1) is 12.7 Å². The number of benzene rings is 3. The molecular formula is C28H29FN4O2. The zero-order valence-corrected chi connectivity index (χ0v) is 20.1. The summed E-state index contributed by atoms with van der Waals surface area (Å²) in [6, 6.07) is 19.0. The van der Waals surface area contributed by atoms with E-state index in [1.807, 2.05) is 23.6 Å². The summed E-state index contributed by atoms with van der Waals surface area (Å²) in [5.74, 6) is 0.175. The molecule has 0 aliphatic carbocycles. The molecular weight excluding hydrogens is 443 g/mol. The fourth-order valence-corrected chi connectivity index (χ4v) is 4.12. The number of imidazole rings is 1. The molecule has 0 radical (unpaired) electrons. The summed E-state index contributed by atoms with van der Waals surface area (Å²) < 4.78 is 15.3. The lowest BCUT2D eigenvalue weighted by Gasteiger charge is -2.14. The van der Waals surface area contributed by atoms with Crippen molar-refractivity contribution in [2.24, 2.45) is 0 Å². The monoisotopic (exact) mass is 472 g/mol. The zero-order chi connectivity index (χ0) is 24.9. The van der Waals surface area contributed by atoms with Crippen molar-refractivity contribution in [3.05, 3.63) is 89.5 Å². The van der Waals surface area contributed by atoms with Crippen LogP contribution in [-0.4, -0.2) is 27.4 Å². The second kappa shape index (κ2) is 10.5. The number of halogens is 1. The van der Waals surface area contributed by atoms with Crippen molar-refractivity contribution in [2.75, 3.05) is 5.32 Å². The summed E-state index contributed by atoms with van der Waals surface area (Å²) in [4.78, 5) is 29.8. The second-order valence-electron chi connectivity index (χ2n) is 8.58. The lowest BCUT2D eigenvalue weighted by atomic mass is 10.1. The predicted octanol–water partition coefficient (Wildman–Crippen LogP) is 5.57. The van der Waals surface area contributed by atoms with Gasteiger partial charge in [-0.05, 0) is 79.9 Å². The van der Waals surface area contributed by atoms with Gasteiger partial charge in [-0.15, -0.1) is 0 Å². The Kier molecular flexibility index (Phi) is 7.25. The van der Waals surface area contributed by atoms with Crippen LogP contribution in [0.1, 0.15) is 48.4 Å². The average Bonchev–Trinajstić information content (AvgIpc) is 3.19. The quantitative estimate of drug-likeness (QED) is 0.352. The van der Waals surface area contributed by atoms with E-state index < -0.39 is 0 Å². The fraction of sp³-hybridized carbons (Fsp3) is 0.250. The lowest BCUT2D eigenvalue weighted by molar-refractivity contribution is -0.121. The van der Waals surface area contributed by atoms with Crippen LogP contribution in [0.25, 0.3) is 16.7 Å². The summed E-state index contributed by atoms with van der Waals surface area (Å²) in [5, 5.41) is 5.94. The zero-order valence-electron chi connectivity index (χ0n) is 20.1. The van der Waals surface area contributed by atoms with Crippen molar-refractivity contribution >= 4 is 28.5 Å². The van der Waals surface area contributed by atoms with E-state index in [2.05, 4.69) is 29.5 Å². The Morgan fingerprint density at radius 1 is 0.971 bits per heavy atom. The minimum atomic E-state index is -0.311. The summed E-state index contributed by atoms with van der Waals surface area (Å²) in [7, 11) is 0. The van der Waals surface area contributed by atoms with Gasteiger partial charge in [0.1, 0.15) is 11.6 Å². The summed E-state index contributed by atoms with van der Waals surface area (Å²) in [6.07, 6.45) is 2.11. The van der Waals surface area contributed by atoms with Gasteiger partial charge < -0.3 is 10.6 Å². The topological polar surface area (TPSA) is 76.0 Å². The molecule has 0 atom stereocenters. The van der Waals surface area contributed by atoms with Crippen molar-refractivity contribution < 1.29 is 14.0 Å². The highest BCUT2D eigenvalue weighted by Crippen LogP contribution is 2.23. The Bertz CT molecular complexity index is 1340. The maximum Gasteiger partial charge on any atom is 0.255 e. The van der Waals surface area contributed by atoms with Gasteiger partial charge in [0.15, 0.2) is 0 Å². The third kappa shape index (κ3) is 5.57. The Hall–Kier alpha value is -4.00. The van der Waals surface area contributed by atoms with Gasteiger partial charge in [-0.2, -0.15) is 0 Å². The number of nitrogens with zero attached hydrogens (tertiary/aromatic N) is 2. The number of amides is 2. The highest BCUT2D eigenvalue weighted by atomic mass is 19.1. The van der Waals surface area contributed by atoms with Crippen LogP contribution >= 0.6 is 0 Å². The number of aromatic nitrogens is 2. The van der Waals surface area contributed by atoms with Crippen molar-refractivity contribution in [1.82, 2.24) is 14.9 Å². The Morgan fingerprint density at radius 3 is 2.31 bits per heavy atom. The number of fused-ring (bicyclic) bond motifs is 1. The molecule has 4 aromatic rings. The Morgan fingerprint density at radius 2 is 1.66 bits per heavy atom. The smallest absolute Gasteiger partial charge is 0.255 e. The first-order valence-electron chi connectivity index (χ1n) is 11.8. The van der Waals surface area contributed by atoms with Crippen molar-refractivity contribution in [1.29, 1.82) is 0 Å². The number of anilines is 1. The summed E-state index contributed by atoms with van der Waals surface area (Å²) in [5.41, 5.74) is 4.29. The molecule has 0 aliphatic rings. The minimum Gasteiger partial charge on any atom is -0.353 e. The van der Waals surface area contributed by atoms with Gasteiger partial charge in [0, 0.05) is 23.0 Å². The molecule has 35 heavy (non-hydrogen) atoms. The van der Waals surface area contributed by atoms with E-state index in [9.17, 15) is 14.0 Å².